The summed E-state index contributed by atoms with van der Waals surface area (Å²) >= 11 is 0. The Bertz CT molecular complexity index is 999. The van der Waals surface area contributed by atoms with Gasteiger partial charge in [0.05, 0.1) is 18.1 Å². The Hall–Kier alpha value is -2.89. The van der Waals surface area contributed by atoms with Crippen LogP contribution in [0.4, 0.5) is 11.6 Å². The van der Waals surface area contributed by atoms with Gasteiger partial charge in [-0.1, -0.05) is 51.1 Å². The molecule has 3 rings (SSSR count). The van der Waals surface area contributed by atoms with Crippen molar-refractivity contribution in [3.05, 3.63) is 54.0 Å². The first-order valence-electron chi connectivity index (χ1n) is 9.99. The number of hydrogen-bond donors (Lipinski definition) is 2. The minimum absolute atomic E-state index is 0.142. The third-order valence-electron chi connectivity index (χ3n) is 4.53. The van der Waals surface area contributed by atoms with E-state index in [0.717, 1.165) is 23.6 Å². The molecule has 6 nitrogen and oxygen atoms in total. The summed E-state index contributed by atoms with van der Waals surface area (Å²) in [5.41, 5.74) is 2.94. The van der Waals surface area contributed by atoms with E-state index in [1.807, 2.05) is 28.8 Å². The summed E-state index contributed by atoms with van der Waals surface area (Å²) in [7, 11) is 0. The van der Waals surface area contributed by atoms with Crippen LogP contribution in [-0.2, 0) is 11.2 Å². The molecule has 0 atom stereocenters. The van der Waals surface area contributed by atoms with E-state index in [9.17, 15) is 4.79 Å². The Morgan fingerprint density at radius 1 is 1.10 bits per heavy atom. The van der Waals surface area contributed by atoms with Crippen LogP contribution in [0.3, 0.4) is 0 Å². The van der Waals surface area contributed by atoms with Crippen LogP contribution in [0, 0.1) is 5.41 Å². The molecule has 3 aromatic rings. The fourth-order valence-corrected chi connectivity index (χ4v) is 3.98. The van der Waals surface area contributed by atoms with Gasteiger partial charge in [0.2, 0.25) is 5.91 Å². The average Bonchev–Trinajstić information content (AvgIpc) is 2.89. The van der Waals surface area contributed by atoms with Gasteiger partial charge in [0.15, 0.2) is 5.65 Å². The second kappa shape index (κ2) is 7.85. The number of rotatable bonds is 6. The van der Waals surface area contributed by atoms with Crippen LogP contribution in [0.15, 0.2) is 42.7 Å². The third kappa shape index (κ3) is 5.56. The molecular weight excluding hydrogens is 362 g/mol. The zero-order chi connectivity index (χ0) is 21.2. The van der Waals surface area contributed by atoms with Crippen molar-refractivity contribution >= 4 is 23.2 Å². The number of anilines is 2. The summed E-state index contributed by atoms with van der Waals surface area (Å²) in [6, 6.07) is 10.3. The molecule has 0 saturated carbocycles. The van der Waals surface area contributed by atoms with Gasteiger partial charge in [0.1, 0.15) is 11.6 Å². The maximum atomic E-state index is 11.5. The van der Waals surface area contributed by atoms with E-state index in [1.165, 1.54) is 12.5 Å². The fourth-order valence-electron chi connectivity index (χ4n) is 3.98. The SMILES string of the molecule is CC(=O)Nc1cn2c(NC(C)(C)CC(C)(C)C)c(Cc3ccccc3)nc2cn1. The van der Waals surface area contributed by atoms with Crippen molar-refractivity contribution in [2.75, 3.05) is 10.6 Å². The number of aromatic nitrogens is 3. The molecule has 0 bridgehead atoms. The highest BCUT2D eigenvalue weighted by Crippen LogP contribution is 2.32. The zero-order valence-electron chi connectivity index (χ0n) is 18.2. The molecule has 2 aromatic heterocycles. The summed E-state index contributed by atoms with van der Waals surface area (Å²) in [6.07, 6.45) is 5.23. The molecule has 1 aromatic carbocycles. The molecular formula is C23H31N5O. The Balaban J connectivity index is 2.06. The van der Waals surface area contributed by atoms with Gasteiger partial charge in [0, 0.05) is 18.9 Å². The van der Waals surface area contributed by atoms with Crippen molar-refractivity contribution in [3.8, 4) is 0 Å². The number of fused-ring (bicyclic) bond motifs is 1. The van der Waals surface area contributed by atoms with E-state index in [4.69, 9.17) is 4.98 Å². The van der Waals surface area contributed by atoms with Crippen molar-refractivity contribution in [1.29, 1.82) is 0 Å². The molecule has 29 heavy (non-hydrogen) atoms. The van der Waals surface area contributed by atoms with Crippen LogP contribution >= 0.6 is 0 Å². The number of carbonyl (C=O) groups is 1. The highest BCUT2D eigenvalue weighted by Gasteiger charge is 2.28. The van der Waals surface area contributed by atoms with Crippen molar-refractivity contribution < 1.29 is 4.79 Å². The Morgan fingerprint density at radius 3 is 2.41 bits per heavy atom. The molecule has 6 heteroatoms. The molecule has 0 aliphatic rings. The fraction of sp³-hybridized carbons (Fsp3) is 0.435. The molecule has 0 saturated heterocycles. The van der Waals surface area contributed by atoms with E-state index in [-0.39, 0.29) is 16.9 Å². The number of amides is 1. The van der Waals surface area contributed by atoms with E-state index >= 15 is 0 Å². The summed E-state index contributed by atoms with van der Waals surface area (Å²) in [6.45, 7) is 12.6. The van der Waals surface area contributed by atoms with E-state index in [2.05, 4.69) is 62.4 Å². The molecule has 0 aliphatic heterocycles. The highest BCUT2D eigenvalue weighted by atomic mass is 16.1. The standard InChI is InChI=1S/C23H31N5O/c1-16(29)25-19-14-28-20(13-24-19)26-18(12-17-10-8-7-9-11-17)21(28)27-23(5,6)15-22(2,3)4/h7-11,13-14,27H,12,15H2,1-6H3,(H,25,29). The second-order valence-corrected chi connectivity index (χ2v) is 9.50. The van der Waals surface area contributed by atoms with Crippen LogP contribution in [-0.4, -0.2) is 25.8 Å². The number of carbonyl (C=O) groups excluding carboxylic acids is 1. The van der Waals surface area contributed by atoms with Crippen molar-refractivity contribution in [2.24, 2.45) is 5.41 Å². The molecule has 0 spiro atoms. The van der Waals surface area contributed by atoms with Crippen LogP contribution in [0.5, 0.6) is 0 Å². The third-order valence-corrected chi connectivity index (χ3v) is 4.53. The van der Waals surface area contributed by atoms with Crippen molar-refractivity contribution in [3.63, 3.8) is 0 Å². The summed E-state index contributed by atoms with van der Waals surface area (Å²) < 4.78 is 1.99. The largest absolute Gasteiger partial charge is 0.365 e. The van der Waals surface area contributed by atoms with Gasteiger partial charge < -0.3 is 10.6 Å². The topological polar surface area (TPSA) is 71.3 Å². The van der Waals surface area contributed by atoms with Crippen LogP contribution in [0.2, 0.25) is 0 Å². The van der Waals surface area contributed by atoms with Gasteiger partial charge in [0.25, 0.3) is 0 Å². The van der Waals surface area contributed by atoms with E-state index in [1.54, 1.807) is 6.20 Å². The van der Waals surface area contributed by atoms with Crippen molar-refractivity contribution in [2.45, 2.75) is 59.9 Å². The van der Waals surface area contributed by atoms with Gasteiger partial charge in [-0.2, -0.15) is 0 Å². The average molecular weight is 394 g/mol. The van der Waals surface area contributed by atoms with E-state index < -0.39 is 0 Å². The number of nitrogens with zero attached hydrogens (tertiary/aromatic N) is 3. The predicted octanol–water partition coefficient (Wildman–Crippen LogP) is 4.91. The summed E-state index contributed by atoms with van der Waals surface area (Å²) in [4.78, 5) is 20.6. The second-order valence-electron chi connectivity index (χ2n) is 9.50. The Kier molecular flexibility index (Phi) is 5.64. The van der Waals surface area contributed by atoms with E-state index in [0.29, 0.717) is 12.2 Å². The van der Waals surface area contributed by atoms with Gasteiger partial charge in [-0.15, -0.1) is 0 Å². The van der Waals surface area contributed by atoms with Gasteiger partial charge in [-0.05, 0) is 31.2 Å². The Morgan fingerprint density at radius 2 is 1.79 bits per heavy atom. The van der Waals surface area contributed by atoms with Crippen molar-refractivity contribution in [1.82, 2.24) is 14.4 Å². The lowest BCUT2D eigenvalue weighted by atomic mass is 9.82. The van der Waals surface area contributed by atoms with Gasteiger partial charge in [-0.25, -0.2) is 9.97 Å². The van der Waals surface area contributed by atoms with Crippen LogP contribution < -0.4 is 10.6 Å². The molecule has 0 unspecified atom stereocenters. The minimum Gasteiger partial charge on any atom is -0.365 e. The Labute approximate surface area is 172 Å². The number of imidazole rings is 1. The zero-order valence-corrected chi connectivity index (χ0v) is 18.2. The molecule has 0 fully saturated rings. The maximum absolute atomic E-state index is 11.5. The van der Waals surface area contributed by atoms with Gasteiger partial charge in [-0.3, -0.25) is 9.20 Å². The van der Waals surface area contributed by atoms with Crippen LogP contribution in [0.1, 0.15) is 59.2 Å². The first-order valence-corrected chi connectivity index (χ1v) is 9.99. The monoisotopic (exact) mass is 393 g/mol. The lowest BCUT2D eigenvalue weighted by Gasteiger charge is -2.34. The first-order chi connectivity index (χ1) is 13.5. The summed E-state index contributed by atoms with van der Waals surface area (Å²) in [5.74, 6) is 1.29. The lowest BCUT2D eigenvalue weighted by molar-refractivity contribution is -0.114. The molecule has 1 amide bonds. The predicted molar refractivity (Wildman–Crippen MR) is 118 cm³/mol. The maximum Gasteiger partial charge on any atom is 0.222 e. The van der Waals surface area contributed by atoms with Crippen LogP contribution in [0.25, 0.3) is 5.65 Å². The molecule has 0 aliphatic carbocycles. The molecule has 2 N–H and O–H groups in total. The van der Waals surface area contributed by atoms with Gasteiger partial charge >= 0.3 is 0 Å². The lowest BCUT2D eigenvalue weighted by Crippen LogP contribution is -2.36. The highest BCUT2D eigenvalue weighted by molar-refractivity contribution is 5.87. The number of hydrogen-bond acceptors (Lipinski definition) is 4. The quantitative estimate of drug-likeness (QED) is 0.624. The normalized spacial score (nSPS) is 12.2. The molecule has 2 heterocycles. The first kappa shape index (κ1) is 20.8. The molecule has 154 valence electrons. The smallest absolute Gasteiger partial charge is 0.222 e. The number of nitrogens with one attached hydrogen (secondary N) is 2. The minimum atomic E-state index is -0.149. The number of benzene rings is 1. The summed E-state index contributed by atoms with van der Waals surface area (Å²) in [5, 5.41) is 6.48. The molecule has 0 radical (unpaired) electrons.